The van der Waals surface area contributed by atoms with E-state index in [9.17, 15) is 4.79 Å². The number of benzene rings is 2. The van der Waals surface area contributed by atoms with Gasteiger partial charge in [-0.25, -0.2) is 0 Å². The third kappa shape index (κ3) is 3.51. The van der Waals surface area contributed by atoms with E-state index in [1.165, 1.54) is 16.9 Å². The van der Waals surface area contributed by atoms with E-state index in [1.54, 1.807) is 7.11 Å². The molecule has 1 amide bonds. The molecule has 0 aliphatic heterocycles. The fraction of sp³-hybridized carbons (Fsp3) is 0.300. The molecule has 0 atom stereocenters. The summed E-state index contributed by atoms with van der Waals surface area (Å²) in [5.74, 6) is 0.679. The summed E-state index contributed by atoms with van der Waals surface area (Å²) in [7, 11) is 1.66. The zero-order valence-electron chi connectivity index (χ0n) is 15.0. The third-order valence-corrected chi connectivity index (χ3v) is 5.30. The van der Waals surface area contributed by atoms with Crippen LogP contribution in [-0.2, 0) is 17.8 Å². The molecule has 0 saturated heterocycles. The topological polar surface area (TPSA) is 43.6 Å². The van der Waals surface area contributed by atoms with Crippen molar-refractivity contribution in [3.63, 3.8) is 0 Å². The van der Waals surface area contributed by atoms with Gasteiger partial charge < -0.3 is 9.30 Å². The van der Waals surface area contributed by atoms with Crippen LogP contribution in [0.5, 0.6) is 5.75 Å². The first-order chi connectivity index (χ1) is 12.0. The number of nitrogens with zero attached hydrogens (tertiary/aromatic N) is 2. The first-order valence-corrected chi connectivity index (χ1v) is 9.15. The molecule has 1 aromatic heterocycles. The van der Waals surface area contributed by atoms with Crippen LogP contribution in [0.2, 0.25) is 0 Å². The van der Waals surface area contributed by atoms with Crippen molar-refractivity contribution in [3.8, 4) is 5.75 Å². The Labute approximate surface area is 151 Å². The average Bonchev–Trinajstić information content (AvgIpc) is 2.94. The summed E-state index contributed by atoms with van der Waals surface area (Å²) in [6.45, 7) is 6.87. The Hall–Kier alpha value is -2.40. The predicted octanol–water partition coefficient (Wildman–Crippen LogP) is 4.02. The molecule has 0 saturated carbocycles. The van der Waals surface area contributed by atoms with Crippen LogP contribution in [0, 0.1) is 13.8 Å². The van der Waals surface area contributed by atoms with Crippen LogP contribution in [-0.4, -0.2) is 17.6 Å². The van der Waals surface area contributed by atoms with Gasteiger partial charge in [0.2, 0.25) is 0 Å². The standard InChI is InChI=1S/C20H22N2O2S/c1-5-22-19-16(24-4)7-6-8-17(19)25-20(22)21-18(23)12-15-10-9-13(2)11-14(15)3/h6-11H,5,12H2,1-4H3. The highest BCUT2D eigenvalue weighted by atomic mass is 32.1. The molecule has 3 aromatic rings. The zero-order chi connectivity index (χ0) is 18.0. The summed E-state index contributed by atoms with van der Waals surface area (Å²) in [5, 5.41) is 0. The minimum atomic E-state index is -0.125. The highest BCUT2D eigenvalue weighted by Crippen LogP contribution is 2.27. The van der Waals surface area contributed by atoms with Crippen molar-refractivity contribution >= 4 is 27.5 Å². The van der Waals surface area contributed by atoms with Gasteiger partial charge in [0, 0.05) is 6.54 Å². The maximum Gasteiger partial charge on any atom is 0.252 e. The lowest BCUT2D eigenvalue weighted by Crippen LogP contribution is -2.17. The van der Waals surface area contributed by atoms with Crippen molar-refractivity contribution in [2.45, 2.75) is 33.7 Å². The van der Waals surface area contributed by atoms with E-state index in [0.29, 0.717) is 6.42 Å². The number of aryl methyl sites for hydroxylation is 3. The van der Waals surface area contributed by atoms with E-state index >= 15 is 0 Å². The Morgan fingerprint density at radius 1 is 1.24 bits per heavy atom. The van der Waals surface area contributed by atoms with Crippen LogP contribution in [0.25, 0.3) is 10.2 Å². The molecule has 0 radical (unpaired) electrons. The molecule has 5 heteroatoms. The predicted molar refractivity (Wildman–Crippen MR) is 102 cm³/mol. The van der Waals surface area contributed by atoms with Crippen LogP contribution in [0.1, 0.15) is 23.6 Å². The summed E-state index contributed by atoms with van der Waals surface area (Å²) < 4.78 is 8.58. The molecule has 0 aliphatic carbocycles. The van der Waals surface area contributed by atoms with Crippen molar-refractivity contribution in [2.75, 3.05) is 7.11 Å². The first-order valence-electron chi connectivity index (χ1n) is 8.33. The summed E-state index contributed by atoms with van der Waals surface area (Å²) in [6.07, 6.45) is 0.321. The largest absolute Gasteiger partial charge is 0.495 e. The minimum absolute atomic E-state index is 0.125. The van der Waals surface area contributed by atoms with Gasteiger partial charge in [0.25, 0.3) is 5.91 Å². The average molecular weight is 354 g/mol. The first kappa shape index (κ1) is 17.4. The van der Waals surface area contributed by atoms with Gasteiger partial charge in [0.1, 0.15) is 11.3 Å². The number of rotatable bonds is 4. The van der Waals surface area contributed by atoms with Crippen molar-refractivity contribution in [3.05, 3.63) is 57.9 Å². The quantitative estimate of drug-likeness (QED) is 0.710. The molecule has 0 unspecified atom stereocenters. The monoisotopic (exact) mass is 354 g/mol. The second-order valence-corrected chi connectivity index (χ2v) is 7.06. The summed E-state index contributed by atoms with van der Waals surface area (Å²) in [5.41, 5.74) is 4.35. The van der Waals surface area contributed by atoms with Crippen molar-refractivity contribution in [1.29, 1.82) is 0 Å². The van der Waals surface area contributed by atoms with Gasteiger partial charge in [-0.05, 0) is 44.0 Å². The molecular formula is C20H22N2O2S. The van der Waals surface area contributed by atoms with Gasteiger partial charge >= 0.3 is 0 Å². The SMILES string of the molecule is CCn1c(=NC(=O)Cc2ccc(C)cc2C)sc2cccc(OC)c21. The summed E-state index contributed by atoms with van der Waals surface area (Å²) >= 11 is 1.52. The fourth-order valence-corrected chi connectivity index (χ4v) is 4.12. The number of carbonyl (C=O) groups is 1. The van der Waals surface area contributed by atoms with Crippen molar-refractivity contribution < 1.29 is 9.53 Å². The van der Waals surface area contributed by atoms with Crippen LogP contribution in [0.15, 0.2) is 41.4 Å². The molecule has 25 heavy (non-hydrogen) atoms. The molecule has 4 nitrogen and oxygen atoms in total. The van der Waals surface area contributed by atoms with Crippen molar-refractivity contribution in [1.82, 2.24) is 4.57 Å². The Balaban J connectivity index is 2.01. The Morgan fingerprint density at radius 2 is 2.04 bits per heavy atom. The smallest absolute Gasteiger partial charge is 0.252 e. The molecule has 130 valence electrons. The van der Waals surface area contributed by atoms with Gasteiger partial charge in [-0.3, -0.25) is 4.79 Å². The van der Waals surface area contributed by atoms with Gasteiger partial charge in [0.05, 0.1) is 18.2 Å². The number of amides is 1. The second-order valence-electron chi connectivity index (χ2n) is 6.05. The fourth-order valence-electron chi connectivity index (χ4n) is 2.99. The molecule has 0 aliphatic rings. The number of aromatic nitrogens is 1. The lowest BCUT2D eigenvalue weighted by Gasteiger charge is -2.06. The molecule has 3 rings (SSSR count). The lowest BCUT2D eigenvalue weighted by molar-refractivity contribution is -0.117. The summed E-state index contributed by atoms with van der Waals surface area (Å²) in [6, 6.07) is 12.1. The van der Waals surface area contributed by atoms with Gasteiger partial charge in [0.15, 0.2) is 4.80 Å². The Bertz CT molecular complexity index is 999. The highest BCUT2D eigenvalue weighted by Gasteiger charge is 2.12. The van der Waals surface area contributed by atoms with E-state index < -0.39 is 0 Å². The number of para-hydroxylation sites is 1. The van der Waals surface area contributed by atoms with Crippen molar-refractivity contribution in [2.24, 2.45) is 4.99 Å². The molecule has 0 fully saturated rings. The van der Waals surface area contributed by atoms with E-state index in [1.807, 2.05) is 48.7 Å². The number of ether oxygens (including phenoxy) is 1. The van der Waals surface area contributed by atoms with Gasteiger partial charge in [-0.1, -0.05) is 41.2 Å². The highest BCUT2D eigenvalue weighted by molar-refractivity contribution is 7.16. The number of carbonyl (C=O) groups excluding carboxylic acids is 1. The molecule has 2 aromatic carbocycles. The number of hydrogen-bond donors (Lipinski definition) is 0. The number of fused-ring (bicyclic) bond motifs is 1. The van der Waals surface area contributed by atoms with E-state index in [-0.39, 0.29) is 5.91 Å². The summed E-state index contributed by atoms with van der Waals surface area (Å²) in [4.78, 5) is 17.6. The zero-order valence-corrected chi connectivity index (χ0v) is 15.8. The molecule has 0 N–H and O–H groups in total. The third-order valence-electron chi connectivity index (χ3n) is 4.26. The van der Waals surface area contributed by atoms with Gasteiger partial charge in [-0.2, -0.15) is 4.99 Å². The van der Waals surface area contributed by atoms with E-state index in [4.69, 9.17) is 4.74 Å². The van der Waals surface area contributed by atoms with E-state index in [0.717, 1.165) is 38.4 Å². The second kappa shape index (κ2) is 7.23. The van der Waals surface area contributed by atoms with Crippen LogP contribution < -0.4 is 9.54 Å². The maximum atomic E-state index is 12.5. The Morgan fingerprint density at radius 3 is 2.72 bits per heavy atom. The van der Waals surface area contributed by atoms with Gasteiger partial charge in [-0.15, -0.1) is 0 Å². The maximum absolute atomic E-state index is 12.5. The van der Waals surface area contributed by atoms with Crippen LogP contribution in [0.4, 0.5) is 0 Å². The molecule has 1 heterocycles. The molecule has 0 spiro atoms. The normalized spacial score (nSPS) is 11.9. The number of methoxy groups -OCH3 is 1. The lowest BCUT2D eigenvalue weighted by atomic mass is 10.0. The number of hydrogen-bond acceptors (Lipinski definition) is 3. The molecule has 0 bridgehead atoms. The van der Waals surface area contributed by atoms with Crippen LogP contribution >= 0.6 is 11.3 Å². The van der Waals surface area contributed by atoms with Crippen LogP contribution in [0.3, 0.4) is 0 Å². The molecular weight excluding hydrogens is 332 g/mol. The van der Waals surface area contributed by atoms with E-state index in [2.05, 4.69) is 18.0 Å². The Kier molecular flexibility index (Phi) is 5.04. The number of thiazole rings is 1. The minimum Gasteiger partial charge on any atom is -0.495 e.